The van der Waals surface area contributed by atoms with Crippen LogP contribution < -0.4 is 0 Å². The Kier molecular flexibility index (Phi) is 3.43. The van der Waals surface area contributed by atoms with Crippen LogP contribution in [0.4, 0.5) is 0 Å². The number of hydrogen-bond donors (Lipinski definition) is 0. The number of aromatic nitrogens is 3. The van der Waals surface area contributed by atoms with E-state index < -0.39 is 0 Å². The van der Waals surface area contributed by atoms with E-state index in [4.69, 9.17) is 4.98 Å². The summed E-state index contributed by atoms with van der Waals surface area (Å²) in [5, 5.41) is 3.93. The summed E-state index contributed by atoms with van der Waals surface area (Å²) >= 11 is 1.85. The molecule has 3 aromatic heterocycles. The van der Waals surface area contributed by atoms with Crippen molar-refractivity contribution in [1.29, 1.82) is 0 Å². The van der Waals surface area contributed by atoms with Crippen molar-refractivity contribution >= 4 is 53.6 Å². The Morgan fingerprint density at radius 3 is 2.29 bits per heavy atom. The molecule has 0 N–H and O–H groups in total. The van der Waals surface area contributed by atoms with E-state index in [2.05, 4.69) is 100 Å². The number of hydrogen-bond acceptors (Lipinski definition) is 2. The molecule has 0 aliphatic rings. The molecule has 0 atom stereocenters. The minimum absolute atomic E-state index is 1.01. The lowest BCUT2D eigenvalue weighted by atomic mass is 10.1. The molecule has 0 saturated carbocycles. The number of thiophene rings is 1. The Morgan fingerprint density at radius 1 is 0.645 bits per heavy atom. The van der Waals surface area contributed by atoms with Gasteiger partial charge in [-0.3, -0.25) is 9.13 Å². The van der Waals surface area contributed by atoms with E-state index in [1.54, 1.807) is 0 Å². The van der Waals surface area contributed by atoms with Crippen LogP contribution in [0.25, 0.3) is 53.6 Å². The summed E-state index contributed by atoms with van der Waals surface area (Å²) in [4.78, 5) is 6.13. The highest BCUT2D eigenvalue weighted by atomic mass is 32.1. The first kappa shape index (κ1) is 16.9. The Hall–Kier alpha value is -3.89. The highest BCUT2D eigenvalue weighted by molar-refractivity contribution is 7.25. The first-order valence-electron chi connectivity index (χ1n) is 10.3. The minimum Gasteiger partial charge on any atom is -0.299 e. The lowest BCUT2D eigenvalue weighted by molar-refractivity contribution is 1.09. The van der Waals surface area contributed by atoms with Gasteiger partial charge in [0.05, 0.1) is 16.7 Å². The van der Waals surface area contributed by atoms with Gasteiger partial charge in [0.2, 0.25) is 0 Å². The van der Waals surface area contributed by atoms with Crippen molar-refractivity contribution < 1.29 is 0 Å². The molecule has 3 nitrogen and oxygen atoms in total. The summed E-state index contributed by atoms with van der Waals surface area (Å²) in [6.45, 7) is 0. The van der Waals surface area contributed by atoms with E-state index in [0.717, 1.165) is 22.4 Å². The number of rotatable bonds is 2. The highest BCUT2D eigenvalue weighted by Crippen LogP contribution is 2.43. The van der Waals surface area contributed by atoms with Gasteiger partial charge in [0.1, 0.15) is 16.7 Å². The quantitative estimate of drug-likeness (QED) is 0.290. The number of nitrogens with zero attached hydrogens (tertiary/aromatic N) is 3. The predicted octanol–water partition coefficient (Wildman–Crippen LogP) is 7.34. The van der Waals surface area contributed by atoms with Gasteiger partial charge in [-0.25, -0.2) is 4.98 Å². The van der Waals surface area contributed by atoms with Crippen molar-refractivity contribution in [3.63, 3.8) is 0 Å². The van der Waals surface area contributed by atoms with Crippen molar-refractivity contribution in [2.45, 2.75) is 0 Å². The average molecular weight is 416 g/mol. The Bertz CT molecular complexity index is 1730. The van der Waals surface area contributed by atoms with Crippen LogP contribution in [0.3, 0.4) is 0 Å². The molecular formula is C27H17N3S. The fraction of sp³-hybridized carbons (Fsp3) is 0. The van der Waals surface area contributed by atoms with Crippen molar-refractivity contribution in [3.05, 3.63) is 103 Å². The highest BCUT2D eigenvalue weighted by Gasteiger charge is 2.19. The van der Waals surface area contributed by atoms with Crippen molar-refractivity contribution in [2.24, 2.45) is 0 Å². The minimum atomic E-state index is 1.01. The molecule has 0 fully saturated rings. The molecule has 0 bridgehead atoms. The first-order valence-corrected chi connectivity index (χ1v) is 11.1. The summed E-state index contributed by atoms with van der Waals surface area (Å²) in [6.07, 6.45) is 1.93. The summed E-state index contributed by atoms with van der Waals surface area (Å²) in [5.74, 6) is 0. The number of imidazole rings is 1. The first-order chi connectivity index (χ1) is 15.4. The molecule has 7 rings (SSSR count). The molecule has 31 heavy (non-hydrogen) atoms. The molecule has 0 amide bonds. The SMILES string of the molecule is c1ccc(-n2cnc3c(-n4c5ccccc5c5c6ccccc6sc54)cccc32)cc1. The normalized spacial score (nSPS) is 11.9. The third-order valence-corrected chi connectivity index (χ3v) is 7.18. The zero-order valence-electron chi connectivity index (χ0n) is 16.6. The van der Waals surface area contributed by atoms with E-state index in [9.17, 15) is 0 Å². The Balaban J connectivity index is 1.61. The molecule has 0 aliphatic carbocycles. The molecule has 0 aliphatic heterocycles. The molecule has 146 valence electrons. The van der Waals surface area contributed by atoms with Crippen molar-refractivity contribution in [2.75, 3.05) is 0 Å². The van der Waals surface area contributed by atoms with E-state index >= 15 is 0 Å². The fourth-order valence-corrected chi connectivity index (χ4v) is 5.92. The van der Waals surface area contributed by atoms with Gasteiger partial charge in [-0.1, -0.05) is 60.7 Å². The lowest BCUT2D eigenvalue weighted by Crippen LogP contribution is -1.95. The van der Waals surface area contributed by atoms with Crippen LogP contribution in [0.15, 0.2) is 103 Å². The summed E-state index contributed by atoms with van der Waals surface area (Å²) < 4.78 is 5.86. The maximum Gasteiger partial charge on any atom is 0.113 e. The second kappa shape index (κ2) is 6.30. The van der Waals surface area contributed by atoms with Gasteiger partial charge in [0.25, 0.3) is 0 Å². The average Bonchev–Trinajstić information content (AvgIpc) is 3.50. The molecule has 4 aromatic carbocycles. The second-order valence-electron chi connectivity index (χ2n) is 7.73. The van der Waals surface area contributed by atoms with Crippen molar-refractivity contribution in [1.82, 2.24) is 14.1 Å². The zero-order valence-corrected chi connectivity index (χ0v) is 17.4. The largest absolute Gasteiger partial charge is 0.299 e. The molecule has 3 heterocycles. The molecule has 0 radical (unpaired) electrons. The van der Waals surface area contributed by atoms with Gasteiger partial charge < -0.3 is 0 Å². The topological polar surface area (TPSA) is 22.8 Å². The lowest BCUT2D eigenvalue weighted by Gasteiger charge is -2.09. The maximum atomic E-state index is 4.87. The van der Waals surface area contributed by atoms with Crippen LogP contribution in [0.1, 0.15) is 0 Å². The molecule has 4 heteroatoms. The molecule has 0 spiro atoms. The molecule has 7 aromatic rings. The van der Waals surface area contributed by atoms with Crippen LogP contribution in [-0.2, 0) is 0 Å². The monoisotopic (exact) mass is 415 g/mol. The molecular weight excluding hydrogens is 398 g/mol. The van der Waals surface area contributed by atoms with Crippen LogP contribution in [0.5, 0.6) is 0 Å². The number of benzene rings is 4. The third-order valence-electron chi connectivity index (χ3n) is 6.02. The molecule has 0 saturated heterocycles. The maximum absolute atomic E-state index is 4.87. The van der Waals surface area contributed by atoms with Crippen LogP contribution >= 0.6 is 11.3 Å². The van der Waals surface area contributed by atoms with E-state index in [1.807, 2.05) is 23.7 Å². The van der Waals surface area contributed by atoms with E-state index in [-0.39, 0.29) is 0 Å². The predicted molar refractivity (Wildman–Crippen MR) is 131 cm³/mol. The summed E-state index contributed by atoms with van der Waals surface area (Å²) in [7, 11) is 0. The second-order valence-corrected chi connectivity index (χ2v) is 8.76. The van der Waals surface area contributed by atoms with E-state index in [0.29, 0.717) is 0 Å². The van der Waals surface area contributed by atoms with Crippen LogP contribution in [-0.4, -0.2) is 14.1 Å². The van der Waals surface area contributed by atoms with Gasteiger partial charge in [0, 0.05) is 26.5 Å². The van der Waals surface area contributed by atoms with Gasteiger partial charge >= 0.3 is 0 Å². The standard InChI is InChI=1S/C27H17N3S/c1-2-9-18(10-3-1)29-17-28-26-22(29)14-8-15-23(26)30-21-13-6-4-11-19(21)25-20-12-5-7-16-24(20)31-27(25)30/h1-17H. The van der Waals surface area contributed by atoms with Crippen LogP contribution in [0, 0.1) is 0 Å². The van der Waals surface area contributed by atoms with Crippen molar-refractivity contribution in [3.8, 4) is 11.4 Å². The summed E-state index contributed by atoms with van der Waals surface area (Å²) in [5.41, 5.74) is 5.56. The smallest absolute Gasteiger partial charge is 0.113 e. The van der Waals surface area contributed by atoms with Gasteiger partial charge in [-0.15, -0.1) is 11.3 Å². The Morgan fingerprint density at radius 2 is 1.39 bits per heavy atom. The number of fused-ring (bicyclic) bond motifs is 6. The third kappa shape index (κ3) is 2.31. The molecule has 0 unspecified atom stereocenters. The van der Waals surface area contributed by atoms with Gasteiger partial charge in [0.15, 0.2) is 0 Å². The zero-order chi connectivity index (χ0) is 20.4. The van der Waals surface area contributed by atoms with Gasteiger partial charge in [-0.2, -0.15) is 0 Å². The fourth-order valence-electron chi connectivity index (χ4n) is 4.68. The van der Waals surface area contributed by atoms with Gasteiger partial charge in [-0.05, 0) is 36.4 Å². The summed E-state index contributed by atoms with van der Waals surface area (Å²) in [6, 6.07) is 34.2. The van der Waals surface area contributed by atoms with Crippen LogP contribution in [0.2, 0.25) is 0 Å². The van der Waals surface area contributed by atoms with E-state index in [1.165, 1.54) is 31.2 Å². The Labute approximate surface area is 182 Å². The number of para-hydroxylation sites is 3.